The number of aliphatic hydroxyl groups excluding tert-OH is 3. The average Bonchev–Trinajstić information content (AvgIpc) is 3.09. The fourth-order valence-electron chi connectivity index (χ4n) is 8.61. The van der Waals surface area contributed by atoms with Crippen molar-refractivity contribution in [3.8, 4) is 0 Å². The van der Waals surface area contributed by atoms with Gasteiger partial charge in [-0.15, -0.1) is 0 Å². The van der Waals surface area contributed by atoms with Crippen LogP contribution >= 0.6 is 0 Å². The smallest absolute Gasteiger partial charge is 0.340 e. The van der Waals surface area contributed by atoms with Gasteiger partial charge in [-0.25, -0.2) is 4.79 Å². The van der Waals surface area contributed by atoms with Crippen LogP contribution in [0.3, 0.4) is 0 Å². The number of hydrogen-bond acceptors (Lipinski definition) is 15. The zero-order valence-electron chi connectivity index (χ0n) is 34.3. The van der Waals surface area contributed by atoms with Gasteiger partial charge in [-0.3, -0.25) is 4.79 Å². The largest absolute Gasteiger partial charge is 0.457 e. The van der Waals surface area contributed by atoms with Crippen molar-refractivity contribution in [1.29, 1.82) is 0 Å². The molecule has 3 fully saturated rings. The molecule has 5 N–H and O–H groups in total. The number of methoxy groups -OCH3 is 2. The Hall–Kier alpha value is -1.34. The third-order valence-electron chi connectivity index (χ3n) is 12.3. The zero-order valence-corrected chi connectivity index (χ0v) is 34.3. The molecule has 3 aliphatic rings. The summed E-state index contributed by atoms with van der Waals surface area (Å²) in [7, 11) is 6.59. The van der Waals surface area contributed by atoms with Gasteiger partial charge >= 0.3 is 5.97 Å². The normalized spacial score (nSPS) is 49.7. The van der Waals surface area contributed by atoms with E-state index in [-0.39, 0.29) is 37.2 Å². The number of nitrogens with zero attached hydrogens (tertiary/aromatic N) is 1. The molecule has 0 radical (unpaired) electrons. The third-order valence-corrected chi connectivity index (χ3v) is 12.3. The van der Waals surface area contributed by atoms with Crippen molar-refractivity contribution in [1.82, 2.24) is 4.90 Å². The highest BCUT2D eigenvalue weighted by atomic mass is 16.7. The maximum absolute atomic E-state index is 14.2. The van der Waals surface area contributed by atoms with E-state index in [1.54, 1.807) is 41.5 Å². The van der Waals surface area contributed by atoms with E-state index in [1.807, 2.05) is 25.9 Å². The van der Waals surface area contributed by atoms with Crippen LogP contribution in [-0.4, -0.2) is 160 Å². The number of Topliss-reactive ketones (excluding diaryl/α,β-unsaturated/α-hetero) is 1. The number of ketones is 1. The number of rotatable bonds is 8. The van der Waals surface area contributed by atoms with Crippen molar-refractivity contribution in [3.63, 3.8) is 0 Å². The molecule has 0 aliphatic carbocycles. The van der Waals surface area contributed by atoms with Crippen molar-refractivity contribution in [3.05, 3.63) is 0 Å². The highest BCUT2D eigenvalue weighted by Gasteiger charge is 2.57. The molecule has 3 heterocycles. The van der Waals surface area contributed by atoms with Crippen LogP contribution in [0, 0.1) is 17.8 Å². The van der Waals surface area contributed by atoms with Crippen molar-refractivity contribution < 1.29 is 68.3 Å². The lowest BCUT2D eigenvalue weighted by atomic mass is 9.73. The van der Waals surface area contributed by atoms with Gasteiger partial charge in [0.15, 0.2) is 18.2 Å². The minimum absolute atomic E-state index is 0.00478. The number of hydrogen-bond donors (Lipinski definition) is 5. The second kappa shape index (κ2) is 17.4. The summed E-state index contributed by atoms with van der Waals surface area (Å²) in [6.07, 6.45) is -10.6. The van der Waals surface area contributed by atoms with Crippen LogP contribution in [0.4, 0.5) is 0 Å². The first-order chi connectivity index (χ1) is 24.3. The van der Waals surface area contributed by atoms with E-state index in [9.17, 15) is 35.1 Å². The highest BCUT2D eigenvalue weighted by molar-refractivity contribution is 5.83. The molecular weight excluding hydrogens is 694 g/mol. The molecule has 310 valence electrons. The van der Waals surface area contributed by atoms with Crippen LogP contribution in [0.25, 0.3) is 0 Å². The molecule has 1 unspecified atom stereocenters. The minimum atomic E-state index is -2.47. The second-order valence-corrected chi connectivity index (χ2v) is 16.9. The fraction of sp³-hybridized carbons (Fsp3) is 0.947. The standard InChI is InChI=1S/C38H69NO14/c1-15-25-37(9,45)29(42)21(4)27(40)19(2)17-36(8,48-14)31(53-33-28(41)24(39(11)12)16-20(3)49-33)22(5)32(38(10,46)34(44)51-25)52-26-18-35(7,47-13)30(43)23(6)50-26/h19-26,28-33,41-43,45-46H,15-18H2,1-14H3/t19-,20-,21+,22-,23+,24+,25-,26+,28-,29-,30+,31-,32+,33+,35-,36-,37-,38?/m1/s1. The molecule has 0 spiro atoms. The molecule has 0 aromatic heterocycles. The Bertz CT molecular complexity index is 1230. The maximum atomic E-state index is 14.2. The number of carbonyl (C=O) groups excluding carboxylic acids is 2. The van der Waals surface area contributed by atoms with Gasteiger partial charge in [0.2, 0.25) is 0 Å². The van der Waals surface area contributed by atoms with Gasteiger partial charge in [-0.2, -0.15) is 0 Å². The number of likely N-dealkylation sites (N-methyl/N-ethyl adjacent to an activating group) is 1. The predicted octanol–water partition coefficient (Wildman–Crippen LogP) is 1.55. The topological polar surface area (TPSA) is 203 Å². The number of aliphatic hydroxyl groups is 5. The van der Waals surface area contributed by atoms with E-state index in [1.165, 1.54) is 35.0 Å². The number of ether oxygens (including phenoxy) is 7. The summed E-state index contributed by atoms with van der Waals surface area (Å²) in [5.41, 5.74) is -7.07. The van der Waals surface area contributed by atoms with Crippen molar-refractivity contribution in [2.24, 2.45) is 17.8 Å². The monoisotopic (exact) mass is 763 g/mol. The summed E-state index contributed by atoms with van der Waals surface area (Å²) in [6.45, 7) is 16.0. The molecule has 15 heteroatoms. The zero-order chi connectivity index (χ0) is 40.6. The summed E-state index contributed by atoms with van der Waals surface area (Å²) in [5, 5.41) is 57.9. The molecule has 53 heavy (non-hydrogen) atoms. The van der Waals surface area contributed by atoms with Crippen LogP contribution < -0.4 is 0 Å². The molecule has 0 aromatic carbocycles. The minimum Gasteiger partial charge on any atom is -0.457 e. The number of cyclic esters (lactones) is 1. The Labute approximate surface area is 315 Å². The molecule has 3 aliphatic heterocycles. The first kappa shape index (κ1) is 46.0. The first-order valence-corrected chi connectivity index (χ1v) is 18.9. The Morgan fingerprint density at radius 3 is 1.94 bits per heavy atom. The Balaban J connectivity index is 2.27. The first-order valence-electron chi connectivity index (χ1n) is 18.9. The van der Waals surface area contributed by atoms with Gasteiger partial charge in [-0.05, 0) is 74.9 Å². The van der Waals surface area contributed by atoms with E-state index in [4.69, 9.17) is 33.2 Å². The summed E-state index contributed by atoms with van der Waals surface area (Å²) in [4.78, 5) is 30.1. The van der Waals surface area contributed by atoms with E-state index in [0.29, 0.717) is 6.42 Å². The molecular formula is C38H69NO14. The predicted molar refractivity (Wildman–Crippen MR) is 193 cm³/mol. The Kier molecular flexibility index (Phi) is 15.1. The van der Waals surface area contributed by atoms with Crippen molar-refractivity contribution in [2.75, 3.05) is 28.3 Å². The lowest BCUT2D eigenvalue weighted by Crippen LogP contribution is -2.64. The van der Waals surface area contributed by atoms with E-state index >= 15 is 0 Å². The maximum Gasteiger partial charge on any atom is 0.340 e. The van der Waals surface area contributed by atoms with Crippen LogP contribution in [0.2, 0.25) is 0 Å². The van der Waals surface area contributed by atoms with Crippen LogP contribution in [0.1, 0.15) is 94.9 Å². The molecule has 3 saturated heterocycles. The van der Waals surface area contributed by atoms with E-state index in [2.05, 4.69) is 0 Å². The molecule has 15 nitrogen and oxygen atoms in total. The average molecular weight is 764 g/mol. The molecule has 0 saturated carbocycles. The summed E-state index contributed by atoms with van der Waals surface area (Å²) in [6, 6.07) is -0.339. The Morgan fingerprint density at radius 1 is 0.830 bits per heavy atom. The van der Waals surface area contributed by atoms with Crippen LogP contribution in [-0.2, 0) is 42.7 Å². The molecule has 3 rings (SSSR count). The lowest BCUT2D eigenvalue weighted by molar-refractivity contribution is -0.327. The summed E-state index contributed by atoms with van der Waals surface area (Å²) >= 11 is 0. The van der Waals surface area contributed by atoms with Crippen LogP contribution in [0.5, 0.6) is 0 Å². The van der Waals surface area contributed by atoms with Gasteiger partial charge in [0.1, 0.15) is 35.8 Å². The van der Waals surface area contributed by atoms with Crippen molar-refractivity contribution >= 4 is 11.8 Å². The van der Waals surface area contributed by atoms with Gasteiger partial charge in [0, 0.05) is 44.4 Å². The van der Waals surface area contributed by atoms with Gasteiger partial charge in [-0.1, -0.05) is 27.7 Å². The fourth-order valence-corrected chi connectivity index (χ4v) is 8.61. The molecule has 0 amide bonds. The van der Waals surface area contributed by atoms with E-state index in [0.717, 1.165) is 0 Å². The summed E-state index contributed by atoms with van der Waals surface area (Å²) in [5.74, 6) is -4.40. The quantitative estimate of drug-likeness (QED) is 0.223. The van der Waals surface area contributed by atoms with Gasteiger partial charge in [0.05, 0.1) is 35.6 Å². The van der Waals surface area contributed by atoms with Gasteiger partial charge < -0.3 is 63.6 Å². The molecule has 0 aromatic rings. The third kappa shape index (κ3) is 9.45. The number of carbonyl (C=O) groups is 2. The highest BCUT2D eigenvalue weighted by Crippen LogP contribution is 2.42. The Morgan fingerprint density at radius 2 is 1.42 bits per heavy atom. The summed E-state index contributed by atoms with van der Waals surface area (Å²) < 4.78 is 43.3. The number of esters is 1. The van der Waals surface area contributed by atoms with E-state index < -0.39 is 101 Å². The lowest BCUT2D eigenvalue weighted by Gasteiger charge is -2.50. The van der Waals surface area contributed by atoms with Gasteiger partial charge in [0.25, 0.3) is 0 Å². The van der Waals surface area contributed by atoms with Crippen molar-refractivity contribution in [2.45, 2.75) is 185 Å². The van der Waals surface area contributed by atoms with Crippen LogP contribution in [0.15, 0.2) is 0 Å². The second-order valence-electron chi connectivity index (χ2n) is 16.9. The molecule has 18 atom stereocenters. The SMILES string of the molecule is CC[C@H]1OC(=O)C(C)(O)[C@@H](O[C@H]2C[C@@](C)(OC)[C@@H](O)[C@H](C)O2)[C@H](C)[C@@H](O[C@@H]2O[C@H](C)C[C@H](N(C)C)[C@H]2O)[C@](C)(OC)C[C@@H](C)C(=O)[C@H](C)[C@@H](O)[C@]1(C)O. The molecule has 0 bridgehead atoms.